The second-order valence-corrected chi connectivity index (χ2v) is 3.98. The lowest BCUT2D eigenvalue weighted by atomic mass is 9.96. The standard InChI is InChI=1S/C10H16ClN3O/c1-3-10(12,4-2)7-15-9-13-5-8(11)6-14-9/h5-6H,3-4,7,12H2,1-2H3. The van der Waals surface area contributed by atoms with E-state index in [0.29, 0.717) is 17.6 Å². The maximum Gasteiger partial charge on any atom is 0.316 e. The second kappa shape index (κ2) is 5.28. The van der Waals surface area contributed by atoms with Crippen LogP contribution in [0.3, 0.4) is 0 Å². The van der Waals surface area contributed by atoms with Crippen LogP contribution >= 0.6 is 11.6 Å². The lowest BCUT2D eigenvalue weighted by Crippen LogP contribution is -2.44. The van der Waals surface area contributed by atoms with Gasteiger partial charge in [0, 0.05) is 5.54 Å². The van der Waals surface area contributed by atoms with Crippen LogP contribution in [0.25, 0.3) is 0 Å². The number of hydrogen-bond donors (Lipinski definition) is 1. The summed E-state index contributed by atoms with van der Waals surface area (Å²) in [4.78, 5) is 7.86. The minimum Gasteiger partial charge on any atom is -0.462 e. The molecule has 84 valence electrons. The van der Waals surface area contributed by atoms with Crippen LogP contribution in [0.1, 0.15) is 26.7 Å². The summed E-state index contributed by atoms with van der Waals surface area (Å²) in [6, 6.07) is 0.316. The molecule has 0 saturated carbocycles. The Morgan fingerprint density at radius 1 is 1.33 bits per heavy atom. The highest BCUT2D eigenvalue weighted by Crippen LogP contribution is 2.13. The van der Waals surface area contributed by atoms with Crippen molar-refractivity contribution in [3.8, 4) is 6.01 Å². The van der Waals surface area contributed by atoms with Crippen molar-refractivity contribution in [1.82, 2.24) is 9.97 Å². The van der Waals surface area contributed by atoms with Crippen LogP contribution in [0.2, 0.25) is 5.02 Å². The highest BCUT2D eigenvalue weighted by atomic mass is 35.5. The van der Waals surface area contributed by atoms with Gasteiger partial charge in [-0.25, -0.2) is 9.97 Å². The molecule has 0 aromatic carbocycles. The average Bonchev–Trinajstić information content (AvgIpc) is 2.28. The summed E-state index contributed by atoms with van der Waals surface area (Å²) in [5.41, 5.74) is 5.77. The Kier molecular flexibility index (Phi) is 4.29. The van der Waals surface area contributed by atoms with Gasteiger partial charge in [0.05, 0.1) is 17.4 Å². The Morgan fingerprint density at radius 3 is 2.33 bits per heavy atom. The Bertz CT molecular complexity index is 298. The predicted octanol–water partition coefficient (Wildman–Crippen LogP) is 2.03. The Balaban J connectivity index is 2.53. The van der Waals surface area contributed by atoms with Crippen LogP contribution in [0, 0.1) is 0 Å². The molecule has 0 amide bonds. The zero-order valence-electron chi connectivity index (χ0n) is 9.03. The summed E-state index contributed by atoms with van der Waals surface area (Å²) in [7, 11) is 0. The fourth-order valence-corrected chi connectivity index (χ4v) is 1.13. The van der Waals surface area contributed by atoms with Crippen molar-refractivity contribution in [2.75, 3.05) is 6.61 Å². The highest BCUT2D eigenvalue weighted by Gasteiger charge is 2.21. The van der Waals surface area contributed by atoms with Crippen LogP contribution < -0.4 is 10.5 Å². The lowest BCUT2D eigenvalue weighted by molar-refractivity contribution is 0.194. The van der Waals surface area contributed by atoms with Crippen LogP contribution in [-0.4, -0.2) is 22.1 Å². The van der Waals surface area contributed by atoms with Gasteiger partial charge in [0.25, 0.3) is 0 Å². The van der Waals surface area contributed by atoms with E-state index < -0.39 is 0 Å². The minimum absolute atomic E-state index is 0.303. The van der Waals surface area contributed by atoms with E-state index in [1.54, 1.807) is 0 Å². The molecule has 0 saturated heterocycles. The number of nitrogens with two attached hydrogens (primary N) is 1. The van der Waals surface area contributed by atoms with E-state index in [4.69, 9.17) is 22.1 Å². The first kappa shape index (κ1) is 12.2. The predicted molar refractivity (Wildman–Crippen MR) is 60.0 cm³/mol. The zero-order chi connectivity index (χ0) is 11.3. The second-order valence-electron chi connectivity index (χ2n) is 3.54. The van der Waals surface area contributed by atoms with E-state index in [0.717, 1.165) is 12.8 Å². The third kappa shape index (κ3) is 3.64. The molecule has 15 heavy (non-hydrogen) atoms. The number of nitrogens with zero attached hydrogens (tertiary/aromatic N) is 2. The molecule has 1 aromatic heterocycles. The fraction of sp³-hybridized carbons (Fsp3) is 0.600. The van der Waals surface area contributed by atoms with Gasteiger partial charge in [-0.1, -0.05) is 25.4 Å². The largest absolute Gasteiger partial charge is 0.462 e. The van der Waals surface area contributed by atoms with E-state index in [1.807, 2.05) is 13.8 Å². The first-order valence-corrected chi connectivity index (χ1v) is 5.36. The number of aromatic nitrogens is 2. The average molecular weight is 230 g/mol. The van der Waals surface area contributed by atoms with Gasteiger partial charge in [-0.3, -0.25) is 0 Å². The third-order valence-electron chi connectivity index (χ3n) is 2.49. The summed E-state index contributed by atoms with van der Waals surface area (Å²) in [6.45, 7) is 4.49. The summed E-state index contributed by atoms with van der Waals surface area (Å²) >= 11 is 5.65. The SMILES string of the molecule is CCC(N)(CC)COc1ncc(Cl)cn1. The van der Waals surface area contributed by atoms with Crippen molar-refractivity contribution in [3.63, 3.8) is 0 Å². The first-order valence-electron chi connectivity index (χ1n) is 4.99. The zero-order valence-corrected chi connectivity index (χ0v) is 9.79. The number of hydrogen-bond acceptors (Lipinski definition) is 4. The summed E-state index contributed by atoms with van der Waals surface area (Å²) in [5.74, 6) is 0. The number of rotatable bonds is 5. The molecule has 0 fully saturated rings. The van der Waals surface area contributed by atoms with Gasteiger partial charge >= 0.3 is 6.01 Å². The molecule has 0 aliphatic carbocycles. The van der Waals surface area contributed by atoms with E-state index in [9.17, 15) is 0 Å². The molecule has 0 radical (unpaired) electrons. The Hall–Kier alpha value is -0.870. The Morgan fingerprint density at radius 2 is 1.87 bits per heavy atom. The monoisotopic (exact) mass is 229 g/mol. The molecule has 4 nitrogen and oxygen atoms in total. The molecule has 1 rings (SSSR count). The van der Waals surface area contributed by atoms with Gasteiger partial charge in [-0.05, 0) is 12.8 Å². The van der Waals surface area contributed by atoms with Gasteiger partial charge in [0.1, 0.15) is 6.61 Å². The number of ether oxygens (including phenoxy) is 1. The van der Waals surface area contributed by atoms with Crippen molar-refractivity contribution in [2.45, 2.75) is 32.2 Å². The van der Waals surface area contributed by atoms with Crippen molar-refractivity contribution >= 4 is 11.6 Å². The Labute approximate surface area is 94.8 Å². The van der Waals surface area contributed by atoms with Crippen molar-refractivity contribution in [1.29, 1.82) is 0 Å². The number of halogens is 1. The molecule has 2 N–H and O–H groups in total. The lowest BCUT2D eigenvalue weighted by Gasteiger charge is -2.25. The smallest absolute Gasteiger partial charge is 0.316 e. The van der Waals surface area contributed by atoms with Gasteiger partial charge < -0.3 is 10.5 Å². The molecular weight excluding hydrogens is 214 g/mol. The van der Waals surface area contributed by atoms with E-state index >= 15 is 0 Å². The van der Waals surface area contributed by atoms with Crippen molar-refractivity contribution in [3.05, 3.63) is 17.4 Å². The summed E-state index contributed by atoms with van der Waals surface area (Å²) in [5, 5.41) is 0.493. The molecule has 0 unspecified atom stereocenters. The van der Waals surface area contributed by atoms with Crippen molar-refractivity contribution in [2.24, 2.45) is 5.73 Å². The quantitative estimate of drug-likeness (QED) is 0.839. The van der Waals surface area contributed by atoms with Crippen LogP contribution in [-0.2, 0) is 0 Å². The molecule has 1 heterocycles. The molecule has 1 aromatic rings. The molecule has 0 aliphatic heterocycles. The van der Waals surface area contributed by atoms with Gasteiger partial charge in [-0.15, -0.1) is 0 Å². The summed E-state index contributed by atoms with van der Waals surface area (Å²) < 4.78 is 5.40. The van der Waals surface area contributed by atoms with Gasteiger partial charge in [-0.2, -0.15) is 0 Å². The molecule has 5 heteroatoms. The molecule has 0 aliphatic rings. The van der Waals surface area contributed by atoms with Crippen molar-refractivity contribution < 1.29 is 4.74 Å². The van der Waals surface area contributed by atoms with Crippen LogP contribution in [0.4, 0.5) is 0 Å². The van der Waals surface area contributed by atoms with Crippen LogP contribution in [0.5, 0.6) is 6.01 Å². The molecule has 0 atom stereocenters. The fourth-order valence-electron chi connectivity index (χ4n) is 1.04. The maximum atomic E-state index is 6.07. The van der Waals surface area contributed by atoms with E-state index in [-0.39, 0.29) is 5.54 Å². The first-order chi connectivity index (χ1) is 7.09. The topological polar surface area (TPSA) is 61.0 Å². The maximum absolute atomic E-state index is 6.07. The minimum atomic E-state index is -0.303. The van der Waals surface area contributed by atoms with Gasteiger partial charge in [0.2, 0.25) is 0 Å². The van der Waals surface area contributed by atoms with Crippen LogP contribution in [0.15, 0.2) is 12.4 Å². The molecule has 0 spiro atoms. The normalized spacial score (nSPS) is 11.5. The highest BCUT2D eigenvalue weighted by molar-refractivity contribution is 6.30. The van der Waals surface area contributed by atoms with Gasteiger partial charge in [0.15, 0.2) is 0 Å². The van der Waals surface area contributed by atoms with E-state index in [2.05, 4.69) is 9.97 Å². The molecule has 0 bridgehead atoms. The van der Waals surface area contributed by atoms with E-state index in [1.165, 1.54) is 12.4 Å². The third-order valence-corrected chi connectivity index (χ3v) is 2.69. The molecular formula is C10H16ClN3O. The summed E-state index contributed by atoms with van der Waals surface area (Å²) in [6.07, 6.45) is 4.72.